The molecule has 1 atom stereocenters. The van der Waals surface area contributed by atoms with E-state index in [0.717, 1.165) is 10.6 Å². The lowest BCUT2D eigenvalue weighted by molar-refractivity contribution is 0.0950. The second-order valence-electron chi connectivity index (χ2n) is 8.65. The number of ether oxygens (including phenoxy) is 2. The van der Waals surface area contributed by atoms with Gasteiger partial charge in [-0.2, -0.15) is 4.98 Å². The van der Waals surface area contributed by atoms with Crippen molar-refractivity contribution in [2.24, 2.45) is 5.92 Å². The first kappa shape index (κ1) is 25.6. The molecule has 0 unspecified atom stereocenters. The summed E-state index contributed by atoms with van der Waals surface area (Å²) in [4.78, 5) is 26.3. The number of pyridine rings is 1. The molecule has 1 N–H and O–H groups in total. The number of thiazole rings is 1. The van der Waals surface area contributed by atoms with E-state index in [1.807, 2.05) is 18.2 Å². The van der Waals surface area contributed by atoms with Crippen LogP contribution in [0.3, 0.4) is 0 Å². The molecule has 0 saturated heterocycles. The minimum Gasteiger partial charge on any atom is -0.493 e. The van der Waals surface area contributed by atoms with Crippen LogP contribution >= 0.6 is 22.9 Å². The zero-order chi connectivity index (χ0) is 26.5. The Morgan fingerprint density at radius 2 is 2.18 bits per heavy atom. The number of hydrogen-bond acceptors (Lipinski definition) is 9. The summed E-state index contributed by atoms with van der Waals surface area (Å²) in [7, 11) is 0. The number of amides is 1. The Bertz CT molecular complexity index is 1480. The van der Waals surface area contributed by atoms with Crippen molar-refractivity contribution in [3.8, 4) is 28.3 Å². The second-order valence-corrected chi connectivity index (χ2v) is 10.1. The molecular weight excluding hydrogens is 526 g/mol. The average Bonchev–Trinajstić information content (AvgIpc) is 3.48. The number of halogens is 1. The molecule has 194 valence electrons. The van der Waals surface area contributed by atoms with Crippen molar-refractivity contribution in [1.82, 2.24) is 25.4 Å². The topological polar surface area (TPSA) is 112 Å². The minimum absolute atomic E-state index is 0.250. The van der Waals surface area contributed by atoms with Crippen LogP contribution in [0.2, 0.25) is 5.02 Å². The quantitative estimate of drug-likeness (QED) is 0.222. The van der Waals surface area contributed by atoms with Gasteiger partial charge in [0.2, 0.25) is 0 Å². The molecule has 1 amide bonds. The summed E-state index contributed by atoms with van der Waals surface area (Å²) in [6.07, 6.45) is 10.9. The molecule has 0 aliphatic heterocycles. The molecule has 1 aliphatic rings. The summed E-state index contributed by atoms with van der Waals surface area (Å²) in [5, 5.41) is 7.55. The van der Waals surface area contributed by atoms with E-state index in [9.17, 15) is 4.79 Å². The Morgan fingerprint density at radius 1 is 1.32 bits per heavy atom. The molecule has 1 aromatic carbocycles. The highest BCUT2D eigenvalue weighted by atomic mass is 35.5. The van der Waals surface area contributed by atoms with E-state index in [-0.39, 0.29) is 11.8 Å². The summed E-state index contributed by atoms with van der Waals surface area (Å²) in [6.45, 7) is 6.24. The van der Waals surface area contributed by atoms with Gasteiger partial charge in [-0.25, -0.2) is 4.98 Å². The Balaban J connectivity index is 1.18. The zero-order valence-corrected chi connectivity index (χ0v) is 22.0. The van der Waals surface area contributed by atoms with Crippen LogP contribution in [0.1, 0.15) is 33.9 Å². The van der Waals surface area contributed by atoms with Gasteiger partial charge < -0.3 is 19.3 Å². The van der Waals surface area contributed by atoms with Crippen LogP contribution in [0.5, 0.6) is 16.7 Å². The minimum atomic E-state index is -0.422. The lowest BCUT2D eigenvalue weighted by Crippen LogP contribution is -2.31. The van der Waals surface area contributed by atoms with Crippen LogP contribution in [0.25, 0.3) is 17.7 Å². The lowest BCUT2D eigenvalue weighted by Gasteiger charge is -2.10. The van der Waals surface area contributed by atoms with E-state index in [1.54, 1.807) is 43.5 Å². The van der Waals surface area contributed by atoms with Crippen molar-refractivity contribution in [2.45, 2.75) is 25.8 Å². The molecule has 1 saturated carbocycles. The molecule has 0 radical (unpaired) electrons. The number of benzene rings is 1. The highest BCUT2D eigenvalue weighted by molar-refractivity contribution is 7.14. The van der Waals surface area contributed by atoms with Gasteiger partial charge in [0.05, 0.1) is 22.5 Å². The number of hydrogen-bond donors (Lipinski definition) is 1. The van der Waals surface area contributed by atoms with Crippen LogP contribution in [-0.4, -0.2) is 38.7 Å². The van der Waals surface area contributed by atoms with Crippen molar-refractivity contribution in [1.29, 1.82) is 0 Å². The van der Waals surface area contributed by atoms with Crippen LogP contribution in [-0.2, 0) is 0 Å². The van der Waals surface area contributed by atoms with Crippen LogP contribution in [0.15, 0.2) is 66.0 Å². The maximum Gasteiger partial charge on any atom is 0.279 e. The molecule has 3 aromatic heterocycles. The van der Waals surface area contributed by atoms with E-state index >= 15 is 0 Å². The number of aromatic nitrogens is 4. The van der Waals surface area contributed by atoms with Gasteiger partial charge >= 0.3 is 0 Å². The third kappa shape index (κ3) is 6.64. The highest BCUT2D eigenvalue weighted by Gasteiger charge is 2.22. The van der Waals surface area contributed by atoms with Crippen molar-refractivity contribution >= 4 is 34.9 Å². The molecule has 9 nitrogen and oxygen atoms in total. The summed E-state index contributed by atoms with van der Waals surface area (Å²) in [5.41, 5.74) is 0.821. The second kappa shape index (κ2) is 11.6. The van der Waals surface area contributed by atoms with Gasteiger partial charge in [0.25, 0.3) is 17.0 Å². The third-order valence-electron chi connectivity index (χ3n) is 5.57. The summed E-state index contributed by atoms with van der Waals surface area (Å²) in [6, 6.07) is 8.14. The molecule has 3 heterocycles. The molecule has 0 spiro atoms. The zero-order valence-electron chi connectivity index (χ0n) is 20.5. The molecule has 5 rings (SSSR count). The molecule has 4 aromatic rings. The van der Waals surface area contributed by atoms with E-state index in [0.29, 0.717) is 45.6 Å². The SMILES string of the molecule is C=C[C@@H](/C=C/c1cnc(Oc2ccc(OCC3CC3)cc2Cl)s1)NC(=O)c1ccnc(-c2nc(C)no2)c1. The fourth-order valence-electron chi connectivity index (χ4n) is 3.35. The van der Waals surface area contributed by atoms with Gasteiger partial charge in [0.1, 0.15) is 17.2 Å². The molecule has 1 fully saturated rings. The molecule has 11 heteroatoms. The molecule has 38 heavy (non-hydrogen) atoms. The number of rotatable bonds is 11. The highest BCUT2D eigenvalue weighted by Crippen LogP contribution is 2.35. The fraction of sp³-hybridized carbons (Fsp3) is 0.222. The number of aryl methyl sites for hydroxylation is 1. The Kier molecular flexibility index (Phi) is 7.81. The van der Waals surface area contributed by atoms with Gasteiger partial charge in [0, 0.05) is 24.0 Å². The summed E-state index contributed by atoms with van der Waals surface area (Å²) in [5.74, 6) is 2.32. The molecular formula is C27H24ClN5O4S. The fourth-order valence-corrected chi connectivity index (χ4v) is 4.25. The smallest absolute Gasteiger partial charge is 0.279 e. The third-order valence-corrected chi connectivity index (χ3v) is 6.71. The average molecular weight is 550 g/mol. The number of carbonyl (C=O) groups excluding carboxylic acids is 1. The molecule has 0 bridgehead atoms. The van der Waals surface area contributed by atoms with Crippen molar-refractivity contribution < 1.29 is 18.8 Å². The predicted molar refractivity (Wildman–Crippen MR) is 145 cm³/mol. The summed E-state index contributed by atoms with van der Waals surface area (Å²) >= 11 is 7.72. The van der Waals surface area contributed by atoms with Gasteiger partial charge in [0.15, 0.2) is 5.82 Å². The summed E-state index contributed by atoms with van der Waals surface area (Å²) < 4.78 is 16.8. The number of nitrogens with zero attached hydrogens (tertiary/aromatic N) is 4. The van der Waals surface area contributed by atoms with Crippen LogP contribution in [0, 0.1) is 12.8 Å². The lowest BCUT2D eigenvalue weighted by atomic mass is 10.2. The standard InChI is InChI=1S/C27H24ClN5O4S/c1-3-19(32-25(34)18-10-11-29-23(12-18)26-31-16(2)33-37-26)6-8-21-14-30-27(38-21)36-24-9-7-20(13-22(24)28)35-15-17-4-5-17/h3,6-14,17,19H,1,4-5,15H2,2H3,(H,32,34)/b8-6+/t19-/m0/s1. The largest absolute Gasteiger partial charge is 0.493 e. The Morgan fingerprint density at radius 3 is 2.92 bits per heavy atom. The maximum atomic E-state index is 12.8. The van der Waals surface area contributed by atoms with Crippen molar-refractivity contribution in [3.63, 3.8) is 0 Å². The first-order valence-corrected chi connectivity index (χ1v) is 13.1. The predicted octanol–water partition coefficient (Wildman–Crippen LogP) is 6.13. The Hall–Kier alpha value is -4.02. The van der Waals surface area contributed by atoms with Gasteiger partial charge in [-0.3, -0.25) is 9.78 Å². The van der Waals surface area contributed by atoms with E-state index in [4.69, 9.17) is 25.6 Å². The monoisotopic (exact) mass is 549 g/mol. The first-order chi connectivity index (χ1) is 18.5. The van der Waals surface area contributed by atoms with Crippen LogP contribution < -0.4 is 14.8 Å². The first-order valence-electron chi connectivity index (χ1n) is 11.9. The molecule has 1 aliphatic carbocycles. The normalized spacial score (nSPS) is 13.8. The van der Waals surface area contributed by atoms with Gasteiger partial charge in [-0.05, 0) is 56.0 Å². The Labute approximate surface area is 228 Å². The van der Waals surface area contributed by atoms with Crippen LogP contribution in [0.4, 0.5) is 0 Å². The van der Waals surface area contributed by atoms with Gasteiger partial charge in [-0.1, -0.05) is 40.2 Å². The number of nitrogens with one attached hydrogen (secondary N) is 1. The maximum absolute atomic E-state index is 12.8. The van der Waals surface area contributed by atoms with E-state index in [2.05, 4.69) is 32.0 Å². The van der Waals surface area contributed by atoms with Gasteiger partial charge in [-0.15, -0.1) is 6.58 Å². The van der Waals surface area contributed by atoms with E-state index in [1.165, 1.54) is 30.4 Å². The number of carbonyl (C=O) groups is 1. The van der Waals surface area contributed by atoms with Crippen molar-refractivity contribution in [2.75, 3.05) is 6.61 Å². The van der Waals surface area contributed by atoms with E-state index < -0.39 is 6.04 Å². The van der Waals surface area contributed by atoms with Crippen molar-refractivity contribution in [3.05, 3.63) is 82.7 Å².